The molecule has 2 aromatic rings. The van der Waals surface area contributed by atoms with Gasteiger partial charge in [0.1, 0.15) is 0 Å². The second-order valence-electron chi connectivity index (χ2n) is 14.7. The van der Waals surface area contributed by atoms with E-state index in [4.69, 9.17) is 0 Å². The Morgan fingerprint density at radius 2 is 0.940 bits per heavy atom. The average molecular weight is 679 g/mol. The van der Waals surface area contributed by atoms with Crippen molar-refractivity contribution in [2.75, 3.05) is 0 Å². The molecule has 0 saturated carbocycles. The summed E-state index contributed by atoms with van der Waals surface area (Å²) in [6.07, 6.45) is 33.3. The predicted molar refractivity (Wildman–Crippen MR) is 221 cm³/mol. The van der Waals surface area contributed by atoms with Crippen LogP contribution in [0.5, 0.6) is 0 Å². The molecule has 0 aromatic heterocycles. The molecule has 0 saturated heterocycles. The standard InChI is InChI=1S/C48H74N2/c1-7-13-19-20-21-22-23-26-32-47(44(39-50-49)31-18-12-6)48(45-35-40(27-16-10-4)33-41(36-45)28-17-11-5)46-37-42(29-24-14-8-2)34-43(38-46)30-25-15-9-3/h26,32-38H,7-25,27-31H2,1-6H3. The molecule has 2 rings (SSSR count). The number of aryl methyl sites for hydroxylation is 4. The number of benzene rings is 2. The minimum atomic E-state index is 0.846. The first-order valence-electron chi connectivity index (χ1n) is 21.2. The minimum Gasteiger partial charge on any atom is -0.348 e. The summed E-state index contributed by atoms with van der Waals surface area (Å²) in [6, 6.07) is 14.9. The molecule has 0 amide bonds. The molecular formula is C48H74N2. The Bertz CT molecular complexity index is 1310. The van der Waals surface area contributed by atoms with Crippen LogP contribution in [0, 0.1) is 0 Å². The summed E-state index contributed by atoms with van der Waals surface area (Å²) in [4.78, 5) is 3.56. The van der Waals surface area contributed by atoms with Gasteiger partial charge in [0.15, 0.2) is 0 Å². The molecule has 2 aromatic carbocycles. The van der Waals surface area contributed by atoms with Crippen molar-refractivity contribution in [3.63, 3.8) is 0 Å². The maximum Gasteiger partial charge on any atom is 0.303 e. The maximum atomic E-state index is 9.98. The van der Waals surface area contributed by atoms with Crippen LogP contribution in [0.2, 0.25) is 0 Å². The normalized spacial score (nSPS) is 11.9. The van der Waals surface area contributed by atoms with Gasteiger partial charge < -0.3 is 5.53 Å². The van der Waals surface area contributed by atoms with Crippen LogP contribution < -0.4 is 0 Å². The molecule has 0 fully saturated rings. The molecule has 0 aliphatic heterocycles. The van der Waals surface area contributed by atoms with E-state index >= 15 is 0 Å². The van der Waals surface area contributed by atoms with E-state index in [9.17, 15) is 5.53 Å². The van der Waals surface area contributed by atoms with Crippen LogP contribution in [0.3, 0.4) is 0 Å². The van der Waals surface area contributed by atoms with Gasteiger partial charge in [0.25, 0.3) is 0 Å². The maximum absolute atomic E-state index is 9.98. The smallest absolute Gasteiger partial charge is 0.303 e. The third kappa shape index (κ3) is 16.9. The summed E-state index contributed by atoms with van der Waals surface area (Å²) in [5, 5.41) is 0. The highest BCUT2D eigenvalue weighted by molar-refractivity contribution is 5.89. The molecule has 0 aliphatic carbocycles. The highest BCUT2D eigenvalue weighted by Gasteiger charge is 2.19. The SMILES string of the molecule is CCCCCCCCC=CC(C(=C=[N+]=[N-])CCCC)=C(c1cc(CCCC)cc(CCCC)c1)c1cc(CCCCC)cc(CCCCC)c1. The third-order valence-corrected chi connectivity index (χ3v) is 10.0. The Morgan fingerprint density at radius 1 is 0.520 bits per heavy atom. The summed E-state index contributed by atoms with van der Waals surface area (Å²) in [5.74, 6) is 3.11. The quantitative estimate of drug-likeness (QED) is 0.0282. The van der Waals surface area contributed by atoms with E-state index in [0.717, 1.165) is 56.9 Å². The zero-order valence-electron chi connectivity index (χ0n) is 33.5. The van der Waals surface area contributed by atoms with E-state index in [1.807, 2.05) is 0 Å². The number of nitrogens with zero attached hydrogens (tertiary/aromatic N) is 2. The number of hydrogen-bond donors (Lipinski definition) is 0. The fraction of sp³-hybridized carbons (Fsp3) is 0.625. The average Bonchev–Trinajstić information content (AvgIpc) is 3.12. The topological polar surface area (TPSA) is 36.4 Å². The Morgan fingerprint density at radius 3 is 1.40 bits per heavy atom. The third-order valence-electron chi connectivity index (χ3n) is 10.0. The largest absolute Gasteiger partial charge is 0.348 e. The number of rotatable bonds is 28. The van der Waals surface area contributed by atoms with E-state index in [2.05, 4.69) is 101 Å². The van der Waals surface area contributed by atoms with Crippen LogP contribution in [0.4, 0.5) is 0 Å². The van der Waals surface area contributed by atoms with Gasteiger partial charge in [-0.05, 0) is 116 Å². The van der Waals surface area contributed by atoms with Gasteiger partial charge in [0, 0.05) is 5.57 Å². The van der Waals surface area contributed by atoms with E-state index < -0.39 is 0 Å². The Labute approximate surface area is 309 Å². The zero-order valence-corrected chi connectivity index (χ0v) is 33.5. The minimum absolute atomic E-state index is 0.846. The lowest BCUT2D eigenvalue weighted by atomic mass is 9.84. The fourth-order valence-corrected chi connectivity index (χ4v) is 7.03. The molecule has 50 heavy (non-hydrogen) atoms. The van der Waals surface area contributed by atoms with Crippen molar-refractivity contribution in [3.05, 3.63) is 98.6 Å². The van der Waals surface area contributed by atoms with Crippen LogP contribution in [-0.2, 0) is 25.7 Å². The van der Waals surface area contributed by atoms with E-state index in [1.54, 1.807) is 0 Å². The molecule has 0 aliphatic rings. The van der Waals surface area contributed by atoms with Crippen molar-refractivity contribution >= 4 is 11.4 Å². The lowest BCUT2D eigenvalue weighted by Gasteiger charge is -2.19. The van der Waals surface area contributed by atoms with Gasteiger partial charge in [0.2, 0.25) is 0 Å². The summed E-state index contributed by atoms with van der Waals surface area (Å²) in [7, 11) is 0. The van der Waals surface area contributed by atoms with Crippen molar-refractivity contribution in [2.24, 2.45) is 0 Å². The van der Waals surface area contributed by atoms with Crippen molar-refractivity contribution in [2.45, 2.75) is 196 Å². The number of allylic oxidation sites excluding steroid dienone is 4. The van der Waals surface area contributed by atoms with Gasteiger partial charge in [-0.1, -0.05) is 167 Å². The van der Waals surface area contributed by atoms with Gasteiger partial charge in [0.05, 0.1) is 5.57 Å². The molecule has 0 spiro atoms. The monoisotopic (exact) mass is 679 g/mol. The highest BCUT2D eigenvalue weighted by Crippen LogP contribution is 2.36. The number of hydrogen-bond acceptors (Lipinski definition) is 0. The lowest BCUT2D eigenvalue weighted by Crippen LogP contribution is -2.03. The Balaban J connectivity index is 2.95. The molecule has 0 radical (unpaired) electrons. The molecule has 0 bridgehead atoms. The first-order valence-corrected chi connectivity index (χ1v) is 21.2. The summed E-state index contributed by atoms with van der Waals surface area (Å²) in [6.45, 7) is 13.7. The Hall–Kier alpha value is -2.92. The molecule has 0 unspecified atom stereocenters. The van der Waals surface area contributed by atoms with Gasteiger partial charge in [-0.3, -0.25) is 0 Å². The predicted octanol–water partition coefficient (Wildman–Crippen LogP) is 15.0. The molecule has 2 nitrogen and oxygen atoms in total. The molecule has 276 valence electrons. The molecule has 0 heterocycles. The summed E-state index contributed by atoms with van der Waals surface area (Å²) >= 11 is 0. The zero-order chi connectivity index (χ0) is 36.2. The highest BCUT2D eigenvalue weighted by atomic mass is 14.8. The van der Waals surface area contributed by atoms with Gasteiger partial charge in [-0.15, -0.1) is 4.79 Å². The van der Waals surface area contributed by atoms with Crippen molar-refractivity contribution in [3.8, 4) is 0 Å². The summed E-state index contributed by atoms with van der Waals surface area (Å²) in [5.41, 5.74) is 21.9. The Kier molecular flexibility index (Phi) is 24.0. The van der Waals surface area contributed by atoms with Crippen molar-refractivity contribution < 1.29 is 4.79 Å². The van der Waals surface area contributed by atoms with E-state index in [0.29, 0.717) is 0 Å². The first-order chi connectivity index (χ1) is 24.5. The van der Waals surface area contributed by atoms with E-state index in [-0.39, 0.29) is 0 Å². The molecule has 0 N–H and O–H groups in total. The van der Waals surface area contributed by atoms with Crippen molar-refractivity contribution in [1.29, 1.82) is 0 Å². The van der Waals surface area contributed by atoms with Crippen molar-refractivity contribution in [1.82, 2.24) is 0 Å². The second kappa shape index (κ2) is 27.8. The lowest BCUT2D eigenvalue weighted by molar-refractivity contribution is 0.00742. The fourth-order valence-electron chi connectivity index (χ4n) is 7.03. The van der Waals surface area contributed by atoms with Crippen LogP contribution >= 0.6 is 0 Å². The summed E-state index contributed by atoms with van der Waals surface area (Å²) < 4.78 is 0. The van der Waals surface area contributed by atoms with Gasteiger partial charge in [-0.25, -0.2) is 0 Å². The first kappa shape index (κ1) is 43.2. The molecule has 0 atom stereocenters. The van der Waals surface area contributed by atoms with Crippen LogP contribution in [0.1, 0.15) is 203 Å². The van der Waals surface area contributed by atoms with E-state index in [1.165, 1.54) is 147 Å². The molecular weight excluding hydrogens is 605 g/mol. The van der Waals surface area contributed by atoms with Crippen LogP contribution in [-0.4, -0.2) is 10.7 Å². The van der Waals surface area contributed by atoms with Gasteiger partial charge >= 0.3 is 5.87 Å². The molecule has 2 heteroatoms. The second-order valence-corrected chi connectivity index (χ2v) is 14.7. The van der Waals surface area contributed by atoms with Gasteiger partial charge in [-0.2, -0.15) is 0 Å². The number of unbranched alkanes of at least 4 members (excludes halogenated alkanes) is 13. The van der Waals surface area contributed by atoms with Crippen LogP contribution in [0.25, 0.3) is 11.1 Å². The van der Waals surface area contributed by atoms with Crippen LogP contribution in [0.15, 0.2) is 59.7 Å².